The number of ether oxygens (including phenoxy) is 1. The van der Waals surface area contributed by atoms with Gasteiger partial charge in [-0.3, -0.25) is 4.79 Å². The van der Waals surface area contributed by atoms with Crippen LogP contribution in [0.1, 0.15) is 47.8 Å². The average molecular weight is 646 g/mol. The van der Waals surface area contributed by atoms with Crippen LogP contribution in [-0.4, -0.2) is 67.6 Å². The number of benzene rings is 4. The zero-order chi connectivity index (χ0) is 32.5. The summed E-state index contributed by atoms with van der Waals surface area (Å²) >= 11 is 6.29. The average Bonchev–Trinajstić information content (AvgIpc) is 3.07. The van der Waals surface area contributed by atoms with Crippen LogP contribution in [0.5, 0.6) is 5.75 Å². The molecule has 2 fully saturated rings. The number of halogens is 1. The van der Waals surface area contributed by atoms with Gasteiger partial charge in [-0.15, -0.1) is 0 Å². The number of carbonyl (C=O) groups is 1. The molecular formula is C36H36ClNO8. The molecule has 4 aromatic rings. The Bertz CT molecular complexity index is 1680. The van der Waals surface area contributed by atoms with Crippen LogP contribution < -0.4 is 4.90 Å². The second-order valence-electron chi connectivity index (χ2n) is 11.9. The van der Waals surface area contributed by atoms with Crippen molar-refractivity contribution in [3.05, 3.63) is 119 Å². The maximum atomic E-state index is 13.5. The summed E-state index contributed by atoms with van der Waals surface area (Å²) in [6.45, 7) is -0.528. The van der Waals surface area contributed by atoms with Crippen molar-refractivity contribution in [2.75, 3.05) is 11.5 Å². The summed E-state index contributed by atoms with van der Waals surface area (Å²) < 4.78 is 5.73. The number of phenolic OH excluding ortho intramolecular Hbond substituents is 1. The molecule has 2 aliphatic rings. The van der Waals surface area contributed by atoms with Gasteiger partial charge in [-0.05, 0) is 65.4 Å². The number of hydrogen-bond acceptors (Lipinski definition) is 8. The molecule has 0 spiro atoms. The molecule has 2 aliphatic heterocycles. The summed E-state index contributed by atoms with van der Waals surface area (Å²) in [5.41, 5.74) is 3.75. The fourth-order valence-electron chi connectivity index (χ4n) is 6.55. The van der Waals surface area contributed by atoms with Crippen molar-refractivity contribution < 1.29 is 40.2 Å². The largest absolute Gasteiger partial charge is 0.508 e. The topological polar surface area (TPSA) is 151 Å². The van der Waals surface area contributed by atoms with Crippen molar-refractivity contribution in [1.82, 2.24) is 0 Å². The highest BCUT2D eigenvalue weighted by molar-refractivity contribution is 6.31. The number of rotatable bonds is 9. The monoisotopic (exact) mass is 645 g/mol. The molecule has 6 N–H and O–H groups in total. The van der Waals surface area contributed by atoms with Crippen LogP contribution >= 0.6 is 11.6 Å². The van der Waals surface area contributed by atoms with Crippen molar-refractivity contribution in [3.8, 4) is 16.9 Å². The van der Waals surface area contributed by atoms with E-state index in [9.17, 15) is 35.4 Å². The number of hydrogen-bond donors (Lipinski definition) is 6. The van der Waals surface area contributed by atoms with Gasteiger partial charge in [0.25, 0.3) is 0 Å². The zero-order valence-electron chi connectivity index (χ0n) is 24.8. The van der Waals surface area contributed by atoms with Gasteiger partial charge in [0.15, 0.2) is 0 Å². The Balaban J connectivity index is 1.27. The maximum Gasteiger partial charge on any atom is 0.233 e. The van der Waals surface area contributed by atoms with Gasteiger partial charge in [-0.25, -0.2) is 0 Å². The minimum absolute atomic E-state index is 0.00849. The molecule has 2 saturated heterocycles. The summed E-state index contributed by atoms with van der Waals surface area (Å²) in [7, 11) is 0. The first kappa shape index (κ1) is 32.2. The Labute approximate surface area is 271 Å². The van der Waals surface area contributed by atoms with Crippen molar-refractivity contribution >= 4 is 23.2 Å². The minimum atomic E-state index is -1.50. The number of amides is 1. The van der Waals surface area contributed by atoms with Crippen molar-refractivity contribution in [3.63, 3.8) is 0 Å². The zero-order valence-corrected chi connectivity index (χ0v) is 25.6. The number of β-lactam (4-membered cyclic amide) rings is 1. The molecular weight excluding hydrogens is 610 g/mol. The van der Waals surface area contributed by atoms with Crippen molar-refractivity contribution in [2.24, 2.45) is 5.92 Å². The first-order chi connectivity index (χ1) is 22.2. The van der Waals surface area contributed by atoms with Crippen LogP contribution in [0.2, 0.25) is 5.02 Å². The Morgan fingerprint density at radius 3 is 2.26 bits per heavy atom. The maximum absolute atomic E-state index is 13.5. The molecule has 46 heavy (non-hydrogen) atoms. The van der Waals surface area contributed by atoms with Crippen LogP contribution in [0.25, 0.3) is 11.1 Å². The molecule has 6 rings (SSSR count). The number of para-hydroxylation sites is 1. The summed E-state index contributed by atoms with van der Waals surface area (Å²) in [6, 6.07) is 28.1. The van der Waals surface area contributed by atoms with Crippen LogP contribution in [0.3, 0.4) is 0 Å². The number of aromatic hydroxyl groups is 1. The fraction of sp³-hybridized carbons (Fsp3) is 0.306. The first-order valence-corrected chi connectivity index (χ1v) is 15.6. The van der Waals surface area contributed by atoms with Crippen LogP contribution in [-0.2, 0) is 9.53 Å². The Kier molecular flexibility index (Phi) is 9.44. The van der Waals surface area contributed by atoms with E-state index in [1.807, 2.05) is 42.5 Å². The van der Waals surface area contributed by atoms with E-state index in [1.54, 1.807) is 59.5 Å². The Morgan fingerprint density at radius 1 is 0.826 bits per heavy atom. The molecule has 0 aliphatic carbocycles. The number of phenols is 1. The third kappa shape index (κ3) is 6.03. The summed E-state index contributed by atoms with van der Waals surface area (Å²) in [4.78, 5) is 15.2. The standard InChI is InChI=1S/C36H36ClNO8/c37-27-12-5-4-11-24(27)28(40)16-15-26-31(38(36(26)45)23-9-2-1-3-10-23)25-14-13-21(18-29(25)41)20-7-6-8-22(17-20)35-34(44)33(43)32(42)30(19-39)46-35/h1-14,17-18,26,28,30-35,39-44H,15-16,19H2/t26-,28+,30-,31-,32-,33+,34-,35+/m1/s1. The summed E-state index contributed by atoms with van der Waals surface area (Å²) in [6.07, 6.45) is -6.57. The number of carbonyl (C=O) groups excluding carboxylic acids is 1. The van der Waals surface area contributed by atoms with Gasteiger partial charge in [-0.1, -0.05) is 78.3 Å². The van der Waals surface area contributed by atoms with Crippen molar-refractivity contribution in [1.29, 1.82) is 0 Å². The Hall–Kier alpha value is -3.80. The molecule has 1 amide bonds. The minimum Gasteiger partial charge on any atom is -0.508 e. The lowest BCUT2D eigenvalue weighted by Crippen LogP contribution is -2.55. The van der Waals surface area contributed by atoms with Crippen molar-refractivity contribution in [2.45, 2.75) is 55.5 Å². The lowest BCUT2D eigenvalue weighted by molar-refractivity contribution is -0.231. The second-order valence-corrected chi connectivity index (χ2v) is 12.3. The predicted molar refractivity (Wildman–Crippen MR) is 172 cm³/mol. The lowest BCUT2D eigenvalue weighted by Gasteiger charge is -2.48. The van der Waals surface area contributed by atoms with Crippen LogP contribution in [0.4, 0.5) is 5.69 Å². The molecule has 0 saturated carbocycles. The van der Waals surface area contributed by atoms with E-state index in [-0.39, 0.29) is 11.7 Å². The molecule has 0 radical (unpaired) electrons. The highest BCUT2D eigenvalue weighted by Gasteiger charge is 2.49. The van der Waals surface area contributed by atoms with Gasteiger partial charge in [0.2, 0.25) is 5.91 Å². The second kappa shape index (κ2) is 13.5. The van der Waals surface area contributed by atoms with Gasteiger partial charge in [-0.2, -0.15) is 0 Å². The molecule has 8 atom stereocenters. The lowest BCUT2D eigenvalue weighted by atomic mass is 9.77. The fourth-order valence-corrected chi connectivity index (χ4v) is 6.81. The molecule has 10 heteroatoms. The van der Waals surface area contributed by atoms with Gasteiger partial charge < -0.3 is 40.3 Å². The van der Waals surface area contributed by atoms with Crippen LogP contribution in [0.15, 0.2) is 97.1 Å². The third-order valence-corrected chi connectivity index (χ3v) is 9.40. The van der Waals surface area contributed by atoms with Gasteiger partial charge in [0.1, 0.15) is 36.3 Å². The number of aliphatic hydroxyl groups excluding tert-OH is 5. The van der Waals surface area contributed by atoms with Gasteiger partial charge in [0.05, 0.1) is 24.7 Å². The molecule has 240 valence electrons. The number of nitrogens with zero attached hydrogens (tertiary/aromatic N) is 1. The highest BCUT2D eigenvalue weighted by atomic mass is 35.5. The van der Waals surface area contributed by atoms with E-state index in [0.717, 1.165) is 0 Å². The molecule has 4 aromatic carbocycles. The third-order valence-electron chi connectivity index (χ3n) is 9.05. The first-order valence-electron chi connectivity index (χ1n) is 15.2. The van der Waals surface area contributed by atoms with E-state index in [4.69, 9.17) is 16.3 Å². The normalized spacial score (nSPS) is 26.9. The molecule has 0 bridgehead atoms. The highest BCUT2D eigenvalue weighted by Crippen LogP contribution is 2.49. The molecule has 9 nitrogen and oxygen atoms in total. The smallest absolute Gasteiger partial charge is 0.233 e. The van der Waals surface area contributed by atoms with Gasteiger partial charge >= 0.3 is 0 Å². The predicted octanol–water partition coefficient (Wildman–Crippen LogP) is 4.45. The van der Waals surface area contributed by atoms with E-state index < -0.39 is 55.2 Å². The van der Waals surface area contributed by atoms with E-state index in [0.29, 0.717) is 51.4 Å². The molecule has 2 heterocycles. The number of aliphatic hydroxyl groups is 5. The number of anilines is 1. The van der Waals surface area contributed by atoms with Gasteiger partial charge in [0, 0.05) is 16.3 Å². The van der Waals surface area contributed by atoms with E-state index in [1.165, 1.54) is 0 Å². The summed E-state index contributed by atoms with van der Waals surface area (Å²) in [5.74, 6) is -0.590. The molecule has 0 aromatic heterocycles. The van der Waals surface area contributed by atoms with Crippen LogP contribution in [0, 0.1) is 5.92 Å². The van der Waals surface area contributed by atoms with E-state index in [2.05, 4.69) is 0 Å². The summed E-state index contributed by atoms with van der Waals surface area (Å²) in [5, 5.41) is 63.4. The Morgan fingerprint density at radius 2 is 1.54 bits per heavy atom. The SMILES string of the molecule is O=C1[C@H](CC[C@H](O)c2ccccc2Cl)[C@@H](c2ccc(-c3cccc([C@@H]4O[C@H](CO)[C@@H](O)[C@H](O)[C@H]4O)c3)cc2O)N1c1ccccc1. The van der Waals surface area contributed by atoms with E-state index >= 15 is 0 Å². The quantitative estimate of drug-likeness (QED) is 0.146. The molecule has 0 unspecified atom stereocenters.